The Hall–Kier alpha value is -3.75. The molecule has 0 aliphatic heterocycles. The molecule has 6 rings (SSSR count). The van der Waals surface area contributed by atoms with Crippen LogP contribution in [0.5, 0.6) is 11.6 Å². The molecule has 0 aliphatic carbocycles. The van der Waals surface area contributed by atoms with Crippen LogP contribution in [0.15, 0.2) is 103 Å². The molecule has 160 valence electrons. The van der Waals surface area contributed by atoms with Gasteiger partial charge < -0.3 is 9.30 Å². The van der Waals surface area contributed by atoms with Crippen molar-refractivity contribution >= 4 is 21.8 Å². The maximum Gasteiger partial charge on any atom is 2.00 e. The van der Waals surface area contributed by atoms with Crippen LogP contribution in [0, 0.1) is 12.1 Å². The molecule has 4 nitrogen and oxygen atoms in total. The Morgan fingerprint density at radius 2 is 1.58 bits per heavy atom. The van der Waals surface area contributed by atoms with Gasteiger partial charge in [0.1, 0.15) is 5.82 Å². The van der Waals surface area contributed by atoms with Crippen LogP contribution in [0.25, 0.3) is 38.8 Å². The first kappa shape index (κ1) is 18.8. The van der Waals surface area contributed by atoms with Crippen molar-refractivity contribution in [1.82, 2.24) is 14.5 Å². The monoisotopic (exact) mass is 608 g/mol. The van der Waals surface area contributed by atoms with E-state index in [9.17, 15) is 0 Å². The number of ether oxygens (including phenoxy) is 1. The summed E-state index contributed by atoms with van der Waals surface area (Å²) in [6.07, 6.45) is 3.41. The Morgan fingerprint density at radius 1 is 0.727 bits per heavy atom. The van der Waals surface area contributed by atoms with Gasteiger partial charge in [-0.15, -0.1) is 18.2 Å². The molecule has 0 radical (unpaired) electrons. The van der Waals surface area contributed by atoms with Crippen LogP contribution in [0.1, 0.15) is 2.74 Å². The van der Waals surface area contributed by atoms with Gasteiger partial charge in [0.15, 0.2) is 0 Å². The van der Waals surface area contributed by atoms with E-state index in [2.05, 4.69) is 22.1 Å². The summed E-state index contributed by atoms with van der Waals surface area (Å²) in [6.45, 7) is 0. The number of para-hydroxylation sites is 1. The number of fused-ring (bicyclic) bond motifs is 3. The predicted octanol–water partition coefficient (Wildman–Crippen LogP) is 6.63. The minimum atomic E-state index is 0. The molecule has 0 bridgehead atoms. The smallest absolute Gasteiger partial charge is 0.460 e. The number of pyridine rings is 2. The largest absolute Gasteiger partial charge is 2.00 e. The van der Waals surface area contributed by atoms with Gasteiger partial charge in [0.25, 0.3) is 0 Å². The number of benzene rings is 3. The number of hydrogen-bond donors (Lipinski definition) is 0. The fourth-order valence-electron chi connectivity index (χ4n) is 3.84. The van der Waals surface area contributed by atoms with Gasteiger partial charge in [-0.2, -0.15) is 24.2 Å². The van der Waals surface area contributed by atoms with Crippen molar-refractivity contribution < 1.29 is 28.5 Å². The van der Waals surface area contributed by atoms with Crippen molar-refractivity contribution in [3.63, 3.8) is 0 Å². The third kappa shape index (κ3) is 3.94. The van der Waals surface area contributed by atoms with Gasteiger partial charge in [0.05, 0.1) is 1.37 Å². The zero-order valence-electron chi connectivity index (χ0n) is 19.2. The van der Waals surface area contributed by atoms with E-state index in [0.717, 1.165) is 33.2 Å². The van der Waals surface area contributed by atoms with Crippen LogP contribution in [-0.4, -0.2) is 14.5 Å². The quantitative estimate of drug-likeness (QED) is 0.211. The van der Waals surface area contributed by atoms with Gasteiger partial charge in [-0.25, -0.2) is 21.1 Å². The van der Waals surface area contributed by atoms with Crippen LogP contribution < -0.4 is 4.74 Å². The van der Waals surface area contributed by atoms with Gasteiger partial charge in [0, 0.05) is 31.1 Å². The van der Waals surface area contributed by atoms with Gasteiger partial charge in [-0.1, -0.05) is 35.7 Å². The Labute approximate surface area is 208 Å². The normalized spacial score (nSPS) is 11.6. The minimum Gasteiger partial charge on any atom is -0.460 e. The zero-order chi connectivity index (χ0) is 23.1. The van der Waals surface area contributed by atoms with Crippen molar-refractivity contribution in [3.05, 3.63) is 115 Å². The summed E-state index contributed by atoms with van der Waals surface area (Å²) in [4.78, 5) is 8.74. The number of nitrogens with zero attached hydrogens (tertiary/aromatic N) is 3. The van der Waals surface area contributed by atoms with Gasteiger partial charge >= 0.3 is 21.1 Å². The zero-order valence-corrected chi connectivity index (χ0v) is 19.5. The number of aromatic nitrogens is 3. The van der Waals surface area contributed by atoms with Crippen LogP contribution in [0.2, 0.25) is 0 Å². The molecule has 3 heterocycles. The summed E-state index contributed by atoms with van der Waals surface area (Å²) in [5.41, 5.74) is 3.26. The topological polar surface area (TPSA) is 39.9 Å². The summed E-state index contributed by atoms with van der Waals surface area (Å²) in [6, 6.07) is 31.6. The predicted molar refractivity (Wildman–Crippen MR) is 126 cm³/mol. The van der Waals surface area contributed by atoms with Crippen LogP contribution in [0.4, 0.5) is 0 Å². The third-order valence-corrected chi connectivity index (χ3v) is 5.24. The second kappa shape index (κ2) is 9.01. The van der Waals surface area contributed by atoms with Crippen LogP contribution >= 0.6 is 0 Å². The molecule has 0 fully saturated rings. The first-order valence-electron chi connectivity index (χ1n) is 11.2. The summed E-state index contributed by atoms with van der Waals surface area (Å²) >= 11 is 0. The van der Waals surface area contributed by atoms with Crippen LogP contribution in [0.3, 0.4) is 0 Å². The van der Waals surface area contributed by atoms with Crippen molar-refractivity contribution in [1.29, 1.82) is 0 Å². The van der Waals surface area contributed by atoms with Crippen molar-refractivity contribution in [2.24, 2.45) is 0 Å². The first-order chi connectivity index (χ1) is 16.7. The molecule has 0 amide bonds. The molecule has 6 aromatic rings. The fraction of sp³-hybridized carbons (Fsp3) is 0. The Morgan fingerprint density at radius 3 is 2.39 bits per heavy atom. The SMILES string of the molecule is [2H]c1cc(Oc2ccccn2)[c-]c(-c2[c-]c3c(cc2)c2cc([2H])ccc2n3-c2ccccn2)c1.[Pt+2]. The molecule has 0 spiro atoms. The Bertz CT molecular complexity index is 1650. The Balaban J connectivity index is 0.00000253. The fourth-order valence-corrected chi connectivity index (χ4v) is 3.84. The van der Waals surface area contributed by atoms with E-state index >= 15 is 0 Å². The van der Waals surface area contributed by atoms with E-state index in [1.54, 1.807) is 36.7 Å². The molecule has 3 aromatic carbocycles. The molecule has 0 saturated heterocycles. The minimum absolute atomic E-state index is 0. The average Bonchev–Trinajstić information content (AvgIpc) is 3.17. The standard InChI is InChI=1S/C28H17N3O.Pt/c1-2-11-25-23(10-1)24-15-14-21(19-26(24)31(25)27-12-3-5-16-29-27)20-8-7-9-22(18-20)32-28-13-4-6-17-30-28;/h1-17H;/q-2;+2/i1D,7D;. The third-order valence-electron chi connectivity index (χ3n) is 5.24. The van der Waals surface area contributed by atoms with E-state index in [1.807, 2.05) is 59.2 Å². The van der Waals surface area contributed by atoms with Crippen molar-refractivity contribution in [3.8, 4) is 28.6 Å². The molecule has 3 aromatic heterocycles. The van der Waals surface area contributed by atoms with E-state index < -0.39 is 0 Å². The van der Waals surface area contributed by atoms with Gasteiger partial charge in [0.2, 0.25) is 5.88 Å². The molecule has 0 saturated carbocycles. The van der Waals surface area contributed by atoms with Crippen molar-refractivity contribution in [2.45, 2.75) is 0 Å². The molecular formula is C28H17N3OPt. The number of hydrogen-bond acceptors (Lipinski definition) is 3. The van der Waals surface area contributed by atoms with E-state index in [4.69, 9.17) is 7.48 Å². The average molecular weight is 609 g/mol. The van der Waals surface area contributed by atoms with Crippen LogP contribution in [-0.2, 0) is 21.1 Å². The second-order valence-electron chi connectivity index (χ2n) is 7.23. The van der Waals surface area contributed by atoms with Gasteiger partial charge in [-0.05, 0) is 35.2 Å². The molecule has 0 unspecified atom stereocenters. The molecule has 33 heavy (non-hydrogen) atoms. The summed E-state index contributed by atoms with van der Waals surface area (Å²) in [5, 5.41) is 1.94. The van der Waals surface area contributed by atoms with E-state index in [-0.39, 0.29) is 21.1 Å². The molecule has 5 heteroatoms. The molecular weight excluding hydrogens is 589 g/mol. The molecule has 0 atom stereocenters. The van der Waals surface area contributed by atoms with Crippen molar-refractivity contribution in [2.75, 3.05) is 0 Å². The second-order valence-corrected chi connectivity index (χ2v) is 7.23. The Kier molecular flexibility index (Phi) is 5.13. The molecule has 0 N–H and O–H groups in total. The van der Waals surface area contributed by atoms with E-state index in [1.165, 1.54) is 0 Å². The number of rotatable bonds is 4. The summed E-state index contributed by atoms with van der Waals surface area (Å²) in [7, 11) is 0. The first-order valence-corrected chi connectivity index (χ1v) is 10.2. The van der Waals surface area contributed by atoms with E-state index in [0.29, 0.717) is 29.3 Å². The summed E-state index contributed by atoms with van der Waals surface area (Å²) in [5.74, 6) is 1.63. The maximum absolute atomic E-state index is 8.27. The summed E-state index contributed by atoms with van der Waals surface area (Å²) < 4.78 is 24.2. The molecule has 0 aliphatic rings. The maximum atomic E-state index is 8.27. The van der Waals surface area contributed by atoms with Gasteiger partial charge in [-0.3, -0.25) is 0 Å².